The van der Waals surface area contributed by atoms with Crippen LogP contribution in [0, 0.1) is 5.92 Å². The number of rotatable bonds is 19. The SMILES string of the molecule is CCCCCCCCCCCCCCCC(=O)OC(C(=O)C(C)C)[C@H]1O[C@@H](n2cnc3c(=O)[nH]c(N)nc32)C[C@@H]1O. The van der Waals surface area contributed by atoms with Crippen molar-refractivity contribution >= 4 is 28.9 Å². The molecule has 11 heteroatoms. The van der Waals surface area contributed by atoms with Crippen LogP contribution in [0.1, 0.15) is 123 Å². The fourth-order valence-corrected chi connectivity index (χ4v) is 5.38. The van der Waals surface area contributed by atoms with Crippen LogP contribution in [0.3, 0.4) is 0 Å². The summed E-state index contributed by atoms with van der Waals surface area (Å²) in [6.07, 6.45) is 13.3. The molecule has 0 saturated carbocycles. The fraction of sp³-hybridized carbons (Fsp3) is 0.767. The number of hydrogen-bond acceptors (Lipinski definition) is 9. The highest BCUT2D eigenvalue weighted by molar-refractivity contribution is 5.87. The van der Waals surface area contributed by atoms with Crippen LogP contribution in [-0.4, -0.2) is 54.7 Å². The van der Waals surface area contributed by atoms with Gasteiger partial charge in [-0.15, -0.1) is 0 Å². The van der Waals surface area contributed by atoms with Gasteiger partial charge in [-0.3, -0.25) is 23.9 Å². The molecule has 0 amide bonds. The highest BCUT2D eigenvalue weighted by Gasteiger charge is 2.45. The molecule has 2 aromatic rings. The van der Waals surface area contributed by atoms with E-state index in [1.54, 1.807) is 13.8 Å². The number of hydrogen-bond donors (Lipinski definition) is 3. The van der Waals surface area contributed by atoms with Crippen molar-refractivity contribution in [1.82, 2.24) is 19.5 Å². The molecule has 1 fully saturated rings. The molecule has 0 aliphatic carbocycles. The third-order valence-electron chi connectivity index (χ3n) is 7.79. The minimum Gasteiger partial charge on any atom is -0.451 e. The molecule has 1 aliphatic heterocycles. The first-order valence-corrected chi connectivity index (χ1v) is 15.5. The van der Waals surface area contributed by atoms with Crippen LogP contribution in [0.15, 0.2) is 11.1 Å². The third-order valence-corrected chi connectivity index (χ3v) is 7.79. The first kappa shape index (κ1) is 32.7. The molecule has 1 saturated heterocycles. The van der Waals surface area contributed by atoms with E-state index in [1.807, 2.05) is 0 Å². The number of nitrogens with one attached hydrogen (secondary N) is 1. The topological polar surface area (TPSA) is 162 Å². The van der Waals surface area contributed by atoms with Crippen molar-refractivity contribution in [1.29, 1.82) is 0 Å². The lowest BCUT2D eigenvalue weighted by molar-refractivity contribution is -0.170. The molecule has 0 radical (unpaired) electrons. The van der Waals surface area contributed by atoms with Crippen molar-refractivity contribution in [2.45, 2.75) is 142 Å². The highest BCUT2D eigenvalue weighted by Crippen LogP contribution is 2.34. The maximum absolute atomic E-state index is 13.0. The van der Waals surface area contributed by atoms with Crippen molar-refractivity contribution < 1.29 is 24.2 Å². The van der Waals surface area contributed by atoms with Gasteiger partial charge in [0.25, 0.3) is 5.56 Å². The summed E-state index contributed by atoms with van der Waals surface area (Å²) in [4.78, 5) is 48.5. The molecule has 4 N–H and O–H groups in total. The molecular weight excluding hydrogens is 526 g/mol. The predicted octanol–water partition coefficient (Wildman–Crippen LogP) is 4.97. The molecule has 0 aromatic carbocycles. The van der Waals surface area contributed by atoms with E-state index in [4.69, 9.17) is 15.2 Å². The normalized spacial score (nSPS) is 19.7. The zero-order valence-corrected chi connectivity index (χ0v) is 25.0. The molecule has 41 heavy (non-hydrogen) atoms. The van der Waals surface area contributed by atoms with Gasteiger partial charge in [0.15, 0.2) is 23.1 Å². The van der Waals surface area contributed by atoms with Crippen molar-refractivity contribution in [2.75, 3.05) is 5.73 Å². The number of Topliss-reactive ketones (excluding diaryl/α,β-unsaturated/α-hetero) is 1. The zero-order chi connectivity index (χ0) is 29.8. The number of nitrogens with zero attached hydrogens (tertiary/aromatic N) is 3. The van der Waals surface area contributed by atoms with E-state index in [1.165, 1.54) is 68.7 Å². The number of fused-ring (bicyclic) bond motifs is 1. The number of aromatic nitrogens is 4. The summed E-state index contributed by atoms with van der Waals surface area (Å²) in [5.41, 5.74) is 5.49. The summed E-state index contributed by atoms with van der Waals surface area (Å²) in [5, 5.41) is 10.8. The molecule has 3 rings (SSSR count). The summed E-state index contributed by atoms with van der Waals surface area (Å²) >= 11 is 0. The molecule has 4 atom stereocenters. The first-order chi connectivity index (χ1) is 19.7. The average Bonchev–Trinajstić information content (AvgIpc) is 3.52. The summed E-state index contributed by atoms with van der Waals surface area (Å²) in [6.45, 7) is 5.68. The summed E-state index contributed by atoms with van der Waals surface area (Å²) in [6, 6.07) is 0. The molecule has 11 nitrogen and oxygen atoms in total. The predicted molar refractivity (Wildman–Crippen MR) is 157 cm³/mol. The van der Waals surface area contributed by atoms with Gasteiger partial charge in [-0.2, -0.15) is 4.98 Å². The first-order valence-electron chi connectivity index (χ1n) is 15.5. The molecule has 1 unspecified atom stereocenters. The van der Waals surface area contributed by atoms with Gasteiger partial charge < -0.3 is 20.3 Å². The minimum atomic E-state index is -1.24. The Balaban J connectivity index is 1.44. The number of nitrogen functional groups attached to an aromatic ring is 1. The van der Waals surface area contributed by atoms with Gasteiger partial charge in [0.1, 0.15) is 12.3 Å². The second kappa shape index (κ2) is 16.6. The van der Waals surface area contributed by atoms with Gasteiger partial charge in [0.2, 0.25) is 5.95 Å². The van der Waals surface area contributed by atoms with Crippen LogP contribution in [0.4, 0.5) is 5.95 Å². The van der Waals surface area contributed by atoms with E-state index < -0.39 is 42.0 Å². The molecule has 3 heterocycles. The van der Waals surface area contributed by atoms with Gasteiger partial charge in [-0.25, -0.2) is 4.98 Å². The summed E-state index contributed by atoms with van der Waals surface area (Å²) < 4.78 is 13.2. The average molecular weight is 576 g/mol. The van der Waals surface area contributed by atoms with E-state index in [2.05, 4.69) is 21.9 Å². The van der Waals surface area contributed by atoms with E-state index in [-0.39, 0.29) is 35.7 Å². The number of carbonyl (C=O) groups is 2. The van der Waals surface area contributed by atoms with E-state index in [9.17, 15) is 19.5 Å². The van der Waals surface area contributed by atoms with E-state index >= 15 is 0 Å². The number of nitrogens with two attached hydrogens (primary N) is 1. The molecule has 2 aromatic heterocycles. The number of esters is 1. The van der Waals surface area contributed by atoms with Crippen LogP contribution >= 0.6 is 0 Å². The van der Waals surface area contributed by atoms with Gasteiger partial charge >= 0.3 is 5.97 Å². The molecule has 1 aliphatic rings. The van der Waals surface area contributed by atoms with Gasteiger partial charge in [0, 0.05) is 18.8 Å². The number of unbranched alkanes of at least 4 members (excludes halogenated alkanes) is 12. The smallest absolute Gasteiger partial charge is 0.306 e. The van der Waals surface area contributed by atoms with Crippen LogP contribution in [0.5, 0.6) is 0 Å². The van der Waals surface area contributed by atoms with E-state index in [0.717, 1.165) is 19.3 Å². The number of imidazole rings is 1. The number of ketones is 1. The Kier molecular flexibility index (Phi) is 13.2. The Morgan fingerprint density at radius 3 is 2.24 bits per heavy atom. The van der Waals surface area contributed by atoms with Gasteiger partial charge in [0.05, 0.1) is 12.4 Å². The molecule has 0 spiro atoms. The third kappa shape index (κ3) is 9.63. The lowest BCUT2D eigenvalue weighted by Gasteiger charge is -2.26. The Morgan fingerprint density at radius 1 is 1.07 bits per heavy atom. The number of aliphatic hydroxyl groups is 1. The number of aliphatic hydroxyl groups excluding tert-OH is 1. The summed E-state index contributed by atoms with van der Waals surface area (Å²) in [5.74, 6) is -1.29. The number of ether oxygens (including phenoxy) is 2. The Morgan fingerprint density at radius 2 is 1.66 bits per heavy atom. The van der Waals surface area contributed by atoms with Crippen molar-refractivity contribution in [3.05, 3.63) is 16.7 Å². The van der Waals surface area contributed by atoms with Crippen molar-refractivity contribution in [2.24, 2.45) is 5.92 Å². The van der Waals surface area contributed by atoms with Crippen LogP contribution in [-0.2, 0) is 19.1 Å². The fourth-order valence-electron chi connectivity index (χ4n) is 5.38. The maximum Gasteiger partial charge on any atom is 0.306 e. The Bertz CT molecular complexity index is 1160. The Hall–Kier alpha value is -2.79. The number of aromatic amines is 1. The van der Waals surface area contributed by atoms with Crippen LogP contribution in [0.2, 0.25) is 0 Å². The number of H-pyrrole nitrogens is 1. The molecule has 230 valence electrons. The van der Waals surface area contributed by atoms with Crippen molar-refractivity contribution in [3.63, 3.8) is 0 Å². The number of anilines is 1. The largest absolute Gasteiger partial charge is 0.451 e. The summed E-state index contributed by atoms with van der Waals surface area (Å²) in [7, 11) is 0. The van der Waals surface area contributed by atoms with Gasteiger partial charge in [-0.05, 0) is 6.42 Å². The molecular formula is C30H49N5O6. The second-order valence-corrected chi connectivity index (χ2v) is 11.6. The Labute approximate surface area is 242 Å². The quantitative estimate of drug-likeness (QED) is 0.155. The second-order valence-electron chi connectivity index (χ2n) is 11.6. The van der Waals surface area contributed by atoms with E-state index in [0.29, 0.717) is 6.42 Å². The van der Waals surface area contributed by atoms with Crippen molar-refractivity contribution in [3.8, 4) is 0 Å². The highest BCUT2D eigenvalue weighted by atomic mass is 16.6. The minimum absolute atomic E-state index is 0.0747. The lowest BCUT2D eigenvalue weighted by Crippen LogP contribution is -2.45. The van der Waals surface area contributed by atoms with Gasteiger partial charge in [-0.1, -0.05) is 97.8 Å². The van der Waals surface area contributed by atoms with Crippen LogP contribution in [0.25, 0.3) is 11.2 Å². The maximum atomic E-state index is 13.0. The standard InChI is InChI=1S/C30H49N5O6/c1-4-5-6-7-8-9-10-11-12-13-14-15-16-17-23(37)41-27(25(38)20(2)3)26-21(36)18-22(40-26)35-19-32-24-28(35)33-30(31)34-29(24)39/h19-22,26-27,36H,4-18H2,1-3H3,(H3,31,33,34,39)/t21-,22+,26-,27?/m0/s1. The lowest BCUT2D eigenvalue weighted by atomic mass is 9.96. The molecule has 0 bridgehead atoms. The zero-order valence-electron chi connectivity index (χ0n) is 25.0. The monoisotopic (exact) mass is 575 g/mol. The van der Waals surface area contributed by atoms with Crippen LogP contribution < -0.4 is 11.3 Å². The number of carbonyl (C=O) groups excluding carboxylic acids is 2.